The maximum atomic E-state index is 12.8. The third kappa shape index (κ3) is 6.79. The van der Waals surface area contributed by atoms with Crippen molar-refractivity contribution in [2.45, 2.75) is 70.2 Å². The van der Waals surface area contributed by atoms with Gasteiger partial charge >= 0.3 is 0 Å². The minimum atomic E-state index is -0.290. The van der Waals surface area contributed by atoms with Crippen LogP contribution in [0.1, 0.15) is 59.7 Å². The largest absolute Gasteiger partial charge is 0.491 e. The minimum absolute atomic E-state index is 0.0376. The van der Waals surface area contributed by atoms with Gasteiger partial charge in [-0.3, -0.25) is 4.79 Å². The molecule has 2 aliphatic rings. The summed E-state index contributed by atoms with van der Waals surface area (Å²) in [5, 5.41) is 16.2. The molecule has 33 heavy (non-hydrogen) atoms. The van der Waals surface area contributed by atoms with Crippen molar-refractivity contribution in [3.8, 4) is 5.75 Å². The molecule has 2 aromatic rings. The third-order valence-electron chi connectivity index (χ3n) is 6.59. The molecule has 1 aliphatic carbocycles. The highest BCUT2D eigenvalue weighted by molar-refractivity contribution is 5.94. The Labute approximate surface area is 196 Å². The van der Waals surface area contributed by atoms with Crippen molar-refractivity contribution in [1.29, 1.82) is 0 Å². The van der Waals surface area contributed by atoms with Crippen molar-refractivity contribution in [3.05, 3.63) is 64.7 Å². The number of fused-ring (bicyclic) bond motifs is 1. The van der Waals surface area contributed by atoms with E-state index in [2.05, 4.69) is 28.8 Å². The molecule has 0 saturated carbocycles. The average molecular weight is 453 g/mol. The molecule has 0 bridgehead atoms. The Balaban J connectivity index is 1.25. The summed E-state index contributed by atoms with van der Waals surface area (Å²) in [6.07, 6.45) is 5.55. The molecular formula is C27H36N2O4. The maximum absolute atomic E-state index is 12.8. The first-order chi connectivity index (χ1) is 16.1. The van der Waals surface area contributed by atoms with E-state index in [0.717, 1.165) is 57.4 Å². The molecule has 1 heterocycles. The quantitative estimate of drug-likeness (QED) is 0.515. The standard InChI is InChI=1S/C27H36N2O4/c1-2-24(30)17-28-16-19-5-6-22-15-23(10-7-21(22)14-19)29-27(31)20-8-11-25(12-9-20)33-18-26-4-3-13-32-26/h5-6,8-9,11-12,14,23-24,26,28,30H,2-4,7,10,13,15-18H2,1H3,(H,29,31)/t23-,24?,26-/m0/s1. The van der Waals surface area contributed by atoms with Crippen LogP contribution < -0.4 is 15.4 Å². The molecule has 1 aliphatic heterocycles. The topological polar surface area (TPSA) is 79.8 Å². The van der Waals surface area contributed by atoms with Gasteiger partial charge in [-0.15, -0.1) is 0 Å². The first-order valence-electron chi connectivity index (χ1n) is 12.3. The summed E-state index contributed by atoms with van der Waals surface area (Å²) in [5.41, 5.74) is 4.56. The second kappa shape index (κ2) is 11.6. The third-order valence-corrected chi connectivity index (χ3v) is 6.59. The van der Waals surface area contributed by atoms with Gasteiger partial charge in [0, 0.05) is 31.3 Å². The molecule has 0 radical (unpaired) electrons. The van der Waals surface area contributed by atoms with Gasteiger partial charge in [0.05, 0.1) is 12.2 Å². The lowest BCUT2D eigenvalue weighted by Gasteiger charge is -2.26. The van der Waals surface area contributed by atoms with Crippen LogP contribution in [-0.2, 0) is 24.1 Å². The zero-order valence-electron chi connectivity index (χ0n) is 19.5. The van der Waals surface area contributed by atoms with Gasteiger partial charge in [-0.05, 0) is 79.5 Å². The lowest BCUT2D eigenvalue weighted by Crippen LogP contribution is -2.38. The fourth-order valence-electron chi connectivity index (χ4n) is 4.51. The highest BCUT2D eigenvalue weighted by Crippen LogP contribution is 2.23. The van der Waals surface area contributed by atoms with E-state index in [0.29, 0.717) is 18.7 Å². The number of carbonyl (C=O) groups excluding carboxylic acids is 1. The van der Waals surface area contributed by atoms with Crippen LogP contribution in [0.4, 0.5) is 0 Å². The molecule has 1 unspecified atom stereocenters. The van der Waals surface area contributed by atoms with Gasteiger partial charge in [-0.25, -0.2) is 0 Å². The number of hydrogen-bond acceptors (Lipinski definition) is 5. The molecule has 3 N–H and O–H groups in total. The van der Waals surface area contributed by atoms with E-state index in [-0.39, 0.29) is 24.2 Å². The summed E-state index contributed by atoms with van der Waals surface area (Å²) in [6, 6.07) is 14.1. The number of benzene rings is 2. The monoisotopic (exact) mass is 452 g/mol. The molecule has 2 aromatic carbocycles. The summed E-state index contributed by atoms with van der Waals surface area (Å²) in [4.78, 5) is 12.8. The van der Waals surface area contributed by atoms with E-state index in [9.17, 15) is 9.90 Å². The number of nitrogens with one attached hydrogen (secondary N) is 2. The number of ether oxygens (including phenoxy) is 2. The number of aliphatic hydroxyl groups is 1. The van der Waals surface area contributed by atoms with E-state index in [1.165, 1.54) is 16.7 Å². The number of amides is 1. The highest BCUT2D eigenvalue weighted by Gasteiger charge is 2.21. The smallest absolute Gasteiger partial charge is 0.251 e. The molecular weight excluding hydrogens is 416 g/mol. The number of aryl methyl sites for hydroxylation is 1. The van der Waals surface area contributed by atoms with Crippen LogP contribution in [0.2, 0.25) is 0 Å². The summed E-state index contributed by atoms with van der Waals surface area (Å²) in [6.45, 7) is 4.74. The van der Waals surface area contributed by atoms with Crippen LogP contribution in [0.15, 0.2) is 42.5 Å². The number of hydrogen-bond donors (Lipinski definition) is 3. The Morgan fingerprint density at radius 1 is 1.18 bits per heavy atom. The first kappa shape index (κ1) is 23.7. The Hall–Kier alpha value is -2.41. The van der Waals surface area contributed by atoms with Crippen molar-refractivity contribution in [2.75, 3.05) is 19.8 Å². The van der Waals surface area contributed by atoms with Crippen LogP contribution in [0.5, 0.6) is 5.75 Å². The molecule has 0 aromatic heterocycles. The molecule has 1 saturated heterocycles. The Kier molecular flexibility index (Phi) is 8.37. The lowest BCUT2D eigenvalue weighted by atomic mass is 9.87. The molecule has 1 fully saturated rings. The van der Waals surface area contributed by atoms with Gasteiger partial charge in [0.2, 0.25) is 0 Å². The van der Waals surface area contributed by atoms with Crippen molar-refractivity contribution in [2.24, 2.45) is 0 Å². The van der Waals surface area contributed by atoms with E-state index < -0.39 is 0 Å². The van der Waals surface area contributed by atoms with E-state index in [1.54, 1.807) is 0 Å². The van der Waals surface area contributed by atoms with Crippen LogP contribution in [0.25, 0.3) is 0 Å². The zero-order valence-corrected chi connectivity index (χ0v) is 19.5. The molecule has 6 nitrogen and oxygen atoms in total. The van der Waals surface area contributed by atoms with Crippen LogP contribution in [-0.4, -0.2) is 49.0 Å². The van der Waals surface area contributed by atoms with Crippen molar-refractivity contribution < 1.29 is 19.4 Å². The Morgan fingerprint density at radius 3 is 2.79 bits per heavy atom. The fraction of sp³-hybridized carbons (Fsp3) is 0.519. The maximum Gasteiger partial charge on any atom is 0.251 e. The number of rotatable bonds is 10. The lowest BCUT2D eigenvalue weighted by molar-refractivity contribution is 0.0679. The average Bonchev–Trinajstić information content (AvgIpc) is 3.36. The second-order valence-corrected chi connectivity index (χ2v) is 9.18. The van der Waals surface area contributed by atoms with E-state index in [1.807, 2.05) is 31.2 Å². The second-order valence-electron chi connectivity index (χ2n) is 9.18. The van der Waals surface area contributed by atoms with Gasteiger partial charge in [-0.2, -0.15) is 0 Å². The highest BCUT2D eigenvalue weighted by atomic mass is 16.5. The zero-order chi connectivity index (χ0) is 23.0. The van der Waals surface area contributed by atoms with Gasteiger partial charge in [0.25, 0.3) is 5.91 Å². The van der Waals surface area contributed by atoms with Gasteiger partial charge in [-0.1, -0.05) is 25.1 Å². The van der Waals surface area contributed by atoms with Crippen LogP contribution in [0.3, 0.4) is 0 Å². The molecule has 1 amide bonds. The van der Waals surface area contributed by atoms with E-state index in [4.69, 9.17) is 9.47 Å². The fourth-order valence-corrected chi connectivity index (χ4v) is 4.51. The molecule has 4 rings (SSSR count). The summed E-state index contributed by atoms with van der Waals surface area (Å²) >= 11 is 0. The first-order valence-corrected chi connectivity index (χ1v) is 12.3. The molecule has 6 heteroatoms. The van der Waals surface area contributed by atoms with E-state index >= 15 is 0 Å². The van der Waals surface area contributed by atoms with Gasteiger partial charge in [0.15, 0.2) is 0 Å². The summed E-state index contributed by atoms with van der Waals surface area (Å²) < 4.78 is 11.4. The predicted octanol–water partition coefficient (Wildman–Crippen LogP) is 3.39. The SMILES string of the molecule is CCC(O)CNCc1ccc2c(c1)CC[C@H](NC(=O)c1ccc(OC[C@@H]3CCCO3)cc1)C2. The molecule has 0 spiro atoms. The van der Waals surface area contributed by atoms with Gasteiger partial charge < -0.3 is 25.2 Å². The minimum Gasteiger partial charge on any atom is -0.491 e. The van der Waals surface area contributed by atoms with Crippen LogP contribution >= 0.6 is 0 Å². The molecule has 3 atom stereocenters. The van der Waals surface area contributed by atoms with Crippen molar-refractivity contribution in [1.82, 2.24) is 10.6 Å². The predicted molar refractivity (Wildman–Crippen MR) is 129 cm³/mol. The van der Waals surface area contributed by atoms with Crippen molar-refractivity contribution >= 4 is 5.91 Å². The van der Waals surface area contributed by atoms with Gasteiger partial charge in [0.1, 0.15) is 12.4 Å². The summed E-state index contributed by atoms with van der Waals surface area (Å²) in [5.74, 6) is 0.729. The normalized spacial score (nSPS) is 20.8. The van der Waals surface area contributed by atoms with Crippen LogP contribution in [0, 0.1) is 0 Å². The van der Waals surface area contributed by atoms with Crippen molar-refractivity contribution in [3.63, 3.8) is 0 Å². The number of carbonyl (C=O) groups is 1. The molecule has 178 valence electrons. The Morgan fingerprint density at radius 2 is 2.03 bits per heavy atom. The summed E-state index contributed by atoms with van der Waals surface area (Å²) in [7, 11) is 0. The number of aliphatic hydroxyl groups excluding tert-OH is 1. The Bertz CT molecular complexity index is 909.